The number of aromatic nitrogens is 1. The number of thioether (sulfide) groups is 2. The van der Waals surface area contributed by atoms with E-state index in [-0.39, 0.29) is 10.7 Å². The second-order valence-corrected chi connectivity index (χ2v) is 8.03. The van der Waals surface area contributed by atoms with E-state index in [1.807, 2.05) is 41.2 Å². The lowest BCUT2D eigenvalue weighted by Gasteiger charge is -2.47. The third-order valence-electron chi connectivity index (χ3n) is 3.96. The van der Waals surface area contributed by atoms with Crippen molar-refractivity contribution in [2.45, 2.75) is 23.9 Å². The van der Waals surface area contributed by atoms with Gasteiger partial charge in [-0.25, -0.2) is 0 Å². The average molecular weight is 324 g/mol. The minimum Gasteiger partial charge on any atom is -0.373 e. The van der Waals surface area contributed by atoms with Gasteiger partial charge in [-0.05, 0) is 24.3 Å². The molecule has 1 aromatic rings. The van der Waals surface area contributed by atoms with Crippen molar-refractivity contribution in [2.75, 3.05) is 30.9 Å². The maximum atomic E-state index is 11.8. The van der Waals surface area contributed by atoms with Crippen LogP contribution in [0, 0.1) is 0 Å². The van der Waals surface area contributed by atoms with Crippen LogP contribution in [0.5, 0.6) is 0 Å². The molecule has 0 aromatic carbocycles. The second kappa shape index (κ2) is 6.58. The van der Waals surface area contributed by atoms with E-state index < -0.39 is 0 Å². The highest BCUT2D eigenvalue weighted by atomic mass is 32.2. The lowest BCUT2D eigenvalue weighted by atomic mass is 9.93. The van der Waals surface area contributed by atoms with Crippen molar-refractivity contribution >= 4 is 29.4 Å². The van der Waals surface area contributed by atoms with E-state index in [0.717, 1.165) is 30.8 Å². The zero-order chi connectivity index (χ0) is 14.7. The van der Waals surface area contributed by atoms with Crippen molar-refractivity contribution < 1.29 is 9.53 Å². The molecule has 2 fully saturated rings. The van der Waals surface area contributed by atoms with Crippen LogP contribution in [0.15, 0.2) is 24.5 Å². The number of carbonyl (C=O) groups is 1. The van der Waals surface area contributed by atoms with Gasteiger partial charge in [0.1, 0.15) is 0 Å². The summed E-state index contributed by atoms with van der Waals surface area (Å²) >= 11 is 3.57. The maximum Gasteiger partial charge on any atom is 0.232 e. The Bertz CT molecular complexity index is 492. The Labute approximate surface area is 134 Å². The van der Waals surface area contributed by atoms with Gasteiger partial charge in [0, 0.05) is 31.2 Å². The summed E-state index contributed by atoms with van der Waals surface area (Å²) in [7, 11) is 0. The van der Waals surface area contributed by atoms with Crippen molar-refractivity contribution in [3.63, 3.8) is 0 Å². The van der Waals surface area contributed by atoms with Crippen LogP contribution in [0.1, 0.15) is 12.0 Å². The van der Waals surface area contributed by atoms with Crippen LogP contribution < -0.4 is 0 Å². The highest BCUT2D eigenvalue weighted by Crippen LogP contribution is 2.46. The van der Waals surface area contributed by atoms with Crippen LogP contribution in [0.4, 0.5) is 0 Å². The predicted molar refractivity (Wildman–Crippen MR) is 87.6 cm³/mol. The summed E-state index contributed by atoms with van der Waals surface area (Å²) in [5.74, 6) is 1.90. The van der Waals surface area contributed by atoms with E-state index in [2.05, 4.69) is 4.98 Å². The smallest absolute Gasteiger partial charge is 0.232 e. The van der Waals surface area contributed by atoms with E-state index in [0.29, 0.717) is 18.5 Å². The molecule has 0 unspecified atom stereocenters. The molecule has 0 N–H and O–H groups in total. The van der Waals surface area contributed by atoms with E-state index in [9.17, 15) is 4.79 Å². The number of rotatable bonds is 5. The van der Waals surface area contributed by atoms with Gasteiger partial charge in [0.25, 0.3) is 0 Å². The van der Waals surface area contributed by atoms with Gasteiger partial charge in [-0.1, -0.05) is 6.07 Å². The van der Waals surface area contributed by atoms with Crippen molar-refractivity contribution in [1.29, 1.82) is 0 Å². The molecule has 21 heavy (non-hydrogen) atoms. The van der Waals surface area contributed by atoms with Gasteiger partial charge < -0.3 is 9.64 Å². The van der Waals surface area contributed by atoms with Crippen LogP contribution >= 0.6 is 23.5 Å². The Morgan fingerprint density at radius 3 is 3.19 bits per heavy atom. The Morgan fingerprint density at radius 2 is 2.48 bits per heavy atom. The quantitative estimate of drug-likeness (QED) is 0.829. The van der Waals surface area contributed by atoms with Gasteiger partial charge in [-0.15, -0.1) is 11.8 Å². The monoisotopic (exact) mass is 324 g/mol. The van der Waals surface area contributed by atoms with Crippen LogP contribution in [0.2, 0.25) is 0 Å². The Kier molecular flexibility index (Phi) is 4.76. The van der Waals surface area contributed by atoms with Gasteiger partial charge >= 0.3 is 0 Å². The first-order valence-electron chi connectivity index (χ1n) is 7.12. The molecule has 2 aliphatic rings. The zero-order valence-electron chi connectivity index (χ0n) is 12.2. The van der Waals surface area contributed by atoms with E-state index in [4.69, 9.17) is 4.74 Å². The Hall–Kier alpha value is -0.720. The fourth-order valence-corrected chi connectivity index (χ4v) is 4.85. The molecule has 1 amide bonds. The number of pyridine rings is 1. The Balaban J connectivity index is 1.43. The molecule has 3 rings (SSSR count). The fraction of sp³-hybridized carbons (Fsp3) is 0.600. The molecule has 0 bridgehead atoms. The molecular formula is C15H20N2O2S2. The Morgan fingerprint density at radius 1 is 1.62 bits per heavy atom. The van der Waals surface area contributed by atoms with Crippen molar-refractivity contribution in [2.24, 2.45) is 0 Å². The topological polar surface area (TPSA) is 42.4 Å². The summed E-state index contributed by atoms with van der Waals surface area (Å²) in [6.07, 6.45) is 6.96. The lowest BCUT2D eigenvalue weighted by molar-refractivity contribution is -0.133. The second-order valence-electron chi connectivity index (χ2n) is 5.68. The number of nitrogens with zero attached hydrogens (tertiary/aromatic N) is 2. The van der Waals surface area contributed by atoms with Gasteiger partial charge in [0.15, 0.2) is 0 Å². The summed E-state index contributed by atoms with van der Waals surface area (Å²) in [6.45, 7) is 2.41. The first kappa shape index (κ1) is 15.2. The minimum atomic E-state index is 0.258. The van der Waals surface area contributed by atoms with Gasteiger partial charge in [-0.2, -0.15) is 11.8 Å². The predicted octanol–water partition coefficient (Wildman–Crippen LogP) is 2.05. The number of hydrogen-bond donors (Lipinski definition) is 0. The largest absolute Gasteiger partial charge is 0.373 e. The SMILES string of the molecule is CSCC(=O)N1CC2(C[C@H](OCc3cccnc3)CS2)C1. The highest BCUT2D eigenvalue weighted by Gasteiger charge is 2.50. The first-order valence-corrected chi connectivity index (χ1v) is 9.50. The number of amides is 1. The summed E-state index contributed by atoms with van der Waals surface area (Å²) in [6, 6.07) is 3.97. The van der Waals surface area contributed by atoms with Crippen LogP contribution in [-0.4, -0.2) is 57.5 Å². The first-order chi connectivity index (χ1) is 10.2. The van der Waals surface area contributed by atoms with Gasteiger partial charge in [0.2, 0.25) is 5.91 Å². The van der Waals surface area contributed by atoms with Crippen LogP contribution in [0.25, 0.3) is 0 Å². The normalized spacial score (nSPS) is 23.3. The van der Waals surface area contributed by atoms with Crippen molar-refractivity contribution in [3.05, 3.63) is 30.1 Å². The summed E-state index contributed by atoms with van der Waals surface area (Å²) in [4.78, 5) is 17.9. The molecule has 114 valence electrons. The fourth-order valence-electron chi connectivity index (χ4n) is 2.87. The van der Waals surface area contributed by atoms with Crippen molar-refractivity contribution in [1.82, 2.24) is 9.88 Å². The zero-order valence-corrected chi connectivity index (χ0v) is 13.8. The molecule has 2 aliphatic heterocycles. The van der Waals surface area contributed by atoms with Crippen LogP contribution in [0.3, 0.4) is 0 Å². The summed E-state index contributed by atoms with van der Waals surface area (Å²) in [5, 5.41) is 0. The van der Waals surface area contributed by atoms with Crippen molar-refractivity contribution in [3.8, 4) is 0 Å². The number of hydrogen-bond acceptors (Lipinski definition) is 5. The third kappa shape index (κ3) is 3.55. The number of likely N-dealkylation sites (tertiary alicyclic amines) is 1. The molecule has 3 heterocycles. The molecular weight excluding hydrogens is 304 g/mol. The molecule has 1 spiro atoms. The highest BCUT2D eigenvalue weighted by molar-refractivity contribution is 8.01. The summed E-state index contributed by atoms with van der Waals surface area (Å²) in [5.41, 5.74) is 1.12. The van der Waals surface area contributed by atoms with Crippen LogP contribution in [-0.2, 0) is 16.1 Å². The molecule has 4 nitrogen and oxygen atoms in total. The molecule has 0 radical (unpaired) electrons. The summed E-state index contributed by atoms with van der Waals surface area (Å²) < 4.78 is 6.25. The molecule has 0 saturated carbocycles. The molecule has 1 atom stereocenters. The standard InChI is InChI=1S/C15H20N2O2S2/c1-20-9-14(18)17-10-15(11-17)5-13(8-21-15)19-7-12-3-2-4-16-6-12/h2-4,6,13H,5,7-11H2,1H3/t13-/m0/s1. The minimum absolute atomic E-state index is 0.258. The number of carbonyl (C=O) groups excluding carboxylic acids is 1. The van der Waals surface area contributed by atoms with E-state index in [1.165, 1.54) is 0 Å². The molecule has 2 saturated heterocycles. The van der Waals surface area contributed by atoms with Gasteiger partial charge in [-0.3, -0.25) is 9.78 Å². The number of ether oxygens (including phenoxy) is 1. The molecule has 6 heteroatoms. The van der Waals surface area contributed by atoms with E-state index >= 15 is 0 Å². The van der Waals surface area contributed by atoms with E-state index in [1.54, 1.807) is 18.0 Å². The van der Waals surface area contributed by atoms with Gasteiger partial charge in [0.05, 0.1) is 23.2 Å². The lowest BCUT2D eigenvalue weighted by Crippen LogP contribution is -2.61. The molecule has 0 aliphatic carbocycles. The average Bonchev–Trinajstić information content (AvgIpc) is 2.89. The molecule has 1 aromatic heterocycles. The maximum absolute atomic E-state index is 11.8. The third-order valence-corrected chi connectivity index (χ3v) is 6.07.